The van der Waals surface area contributed by atoms with Crippen molar-refractivity contribution < 1.29 is 39.4 Å². The van der Waals surface area contributed by atoms with Gasteiger partial charge >= 0.3 is 0 Å². The molecule has 0 bridgehead atoms. The fourth-order valence-corrected chi connectivity index (χ4v) is 2.63. The molecule has 0 aliphatic heterocycles. The van der Waals surface area contributed by atoms with E-state index < -0.39 is 39.6 Å². The van der Waals surface area contributed by atoms with E-state index in [1.54, 1.807) is 0 Å². The van der Waals surface area contributed by atoms with Crippen molar-refractivity contribution in [2.75, 3.05) is 14.2 Å². The van der Waals surface area contributed by atoms with Crippen LogP contribution in [0.2, 0.25) is 0 Å². The molecule has 0 aliphatic carbocycles. The first kappa shape index (κ1) is 17.1. The van der Waals surface area contributed by atoms with E-state index in [0.29, 0.717) is 0 Å². The Morgan fingerprint density at radius 3 is 1.88 bits per heavy atom. The Kier molecular flexibility index (Phi) is 3.91. The minimum absolute atomic E-state index is 0.0351. The highest BCUT2D eigenvalue weighted by Crippen LogP contribution is 2.45. The molecular formula is C17H14O9. The molecule has 0 amide bonds. The van der Waals surface area contributed by atoms with E-state index in [9.17, 15) is 30.3 Å². The number of phenols is 4. The maximum absolute atomic E-state index is 12.5. The minimum atomic E-state index is -0.994. The minimum Gasteiger partial charge on any atom is -0.504 e. The molecule has 3 aromatic rings. The summed E-state index contributed by atoms with van der Waals surface area (Å²) in [6, 6.07) is 3.23. The number of hydrogen-bond acceptors (Lipinski definition) is 9. The number of fused-ring (bicyclic) bond motifs is 1. The second kappa shape index (κ2) is 5.96. The fraction of sp³-hybridized carbons (Fsp3) is 0.118. The van der Waals surface area contributed by atoms with E-state index in [2.05, 4.69) is 0 Å². The van der Waals surface area contributed by atoms with Crippen LogP contribution < -0.4 is 14.9 Å². The molecule has 0 atom stereocenters. The Bertz CT molecular complexity index is 1060. The summed E-state index contributed by atoms with van der Waals surface area (Å²) in [6.07, 6.45) is 0. The van der Waals surface area contributed by atoms with Gasteiger partial charge in [0.25, 0.3) is 0 Å². The van der Waals surface area contributed by atoms with Crippen LogP contribution in [-0.2, 0) is 0 Å². The van der Waals surface area contributed by atoms with Gasteiger partial charge in [0, 0.05) is 11.6 Å². The van der Waals surface area contributed by atoms with E-state index in [4.69, 9.17) is 13.9 Å². The van der Waals surface area contributed by atoms with Crippen molar-refractivity contribution in [1.82, 2.24) is 0 Å². The van der Waals surface area contributed by atoms with Crippen LogP contribution in [-0.4, -0.2) is 39.8 Å². The average molecular weight is 362 g/mol. The van der Waals surface area contributed by atoms with Crippen LogP contribution in [0.25, 0.3) is 22.3 Å². The van der Waals surface area contributed by atoms with Crippen LogP contribution in [0.15, 0.2) is 27.4 Å². The van der Waals surface area contributed by atoms with Crippen molar-refractivity contribution in [3.8, 4) is 51.6 Å². The molecule has 0 saturated heterocycles. The van der Waals surface area contributed by atoms with Gasteiger partial charge < -0.3 is 39.4 Å². The SMILES string of the molecule is COc1c(O)cc(-c2oc3cc(O)c(OC)c(O)c3c(=O)c2O)cc1O. The van der Waals surface area contributed by atoms with Crippen molar-refractivity contribution in [3.05, 3.63) is 28.4 Å². The third kappa shape index (κ3) is 2.37. The van der Waals surface area contributed by atoms with Crippen molar-refractivity contribution in [2.45, 2.75) is 0 Å². The monoisotopic (exact) mass is 362 g/mol. The zero-order valence-corrected chi connectivity index (χ0v) is 13.6. The number of benzene rings is 2. The molecule has 0 saturated carbocycles. The summed E-state index contributed by atoms with van der Waals surface area (Å²) in [5, 5.41) is 49.5. The highest BCUT2D eigenvalue weighted by Gasteiger charge is 2.24. The van der Waals surface area contributed by atoms with Gasteiger partial charge in [-0.05, 0) is 12.1 Å². The largest absolute Gasteiger partial charge is 0.504 e. The molecule has 26 heavy (non-hydrogen) atoms. The summed E-state index contributed by atoms with van der Waals surface area (Å²) in [5.41, 5.74) is -1.27. The van der Waals surface area contributed by atoms with Crippen LogP contribution in [0, 0.1) is 0 Å². The summed E-state index contributed by atoms with van der Waals surface area (Å²) in [6.45, 7) is 0. The van der Waals surface area contributed by atoms with E-state index in [-0.39, 0.29) is 28.4 Å². The number of hydrogen-bond donors (Lipinski definition) is 5. The molecule has 9 heteroatoms. The molecule has 0 fully saturated rings. The first-order valence-electron chi connectivity index (χ1n) is 7.19. The number of rotatable bonds is 3. The van der Waals surface area contributed by atoms with E-state index in [1.165, 1.54) is 14.2 Å². The zero-order valence-electron chi connectivity index (χ0n) is 13.6. The second-order valence-electron chi connectivity index (χ2n) is 5.31. The van der Waals surface area contributed by atoms with Crippen LogP contribution in [0.5, 0.6) is 40.2 Å². The van der Waals surface area contributed by atoms with Crippen LogP contribution in [0.3, 0.4) is 0 Å². The topological polar surface area (TPSA) is 150 Å². The van der Waals surface area contributed by atoms with Gasteiger partial charge in [0.15, 0.2) is 28.8 Å². The molecule has 3 rings (SSSR count). The van der Waals surface area contributed by atoms with Gasteiger partial charge in [-0.15, -0.1) is 0 Å². The lowest BCUT2D eigenvalue weighted by molar-refractivity contribution is 0.344. The molecule has 1 heterocycles. The van der Waals surface area contributed by atoms with E-state index in [0.717, 1.165) is 18.2 Å². The fourth-order valence-electron chi connectivity index (χ4n) is 2.63. The summed E-state index contributed by atoms with van der Waals surface area (Å²) >= 11 is 0. The van der Waals surface area contributed by atoms with Gasteiger partial charge in [0.1, 0.15) is 11.0 Å². The van der Waals surface area contributed by atoms with Gasteiger partial charge in [0.2, 0.25) is 22.7 Å². The van der Waals surface area contributed by atoms with Crippen molar-refractivity contribution in [2.24, 2.45) is 0 Å². The lowest BCUT2D eigenvalue weighted by Gasteiger charge is -2.12. The summed E-state index contributed by atoms with van der Waals surface area (Å²) in [7, 11) is 2.42. The Hall–Kier alpha value is -3.75. The summed E-state index contributed by atoms with van der Waals surface area (Å²) in [5.74, 6) is -3.90. The number of phenolic OH excluding ortho intramolecular Hbond substituents is 4. The lowest BCUT2D eigenvalue weighted by atomic mass is 10.1. The Labute approximate surface area is 145 Å². The number of methoxy groups -OCH3 is 2. The normalized spacial score (nSPS) is 10.8. The van der Waals surface area contributed by atoms with Gasteiger partial charge in [0.05, 0.1) is 14.2 Å². The highest BCUT2D eigenvalue weighted by atomic mass is 16.5. The Balaban J connectivity index is 2.36. The maximum atomic E-state index is 12.5. The summed E-state index contributed by atoms with van der Waals surface area (Å²) < 4.78 is 15.0. The molecule has 0 aliphatic rings. The Morgan fingerprint density at radius 2 is 1.35 bits per heavy atom. The van der Waals surface area contributed by atoms with Crippen molar-refractivity contribution in [3.63, 3.8) is 0 Å². The molecule has 0 spiro atoms. The van der Waals surface area contributed by atoms with E-state index >= 15 is 0 Å². The van der Waals surface area contributed by atoms with Crippen molar-refractivity contribution in [1.29, 1.82) is 0 Å². The molecule has 136 valence electrons. The maximum Gasteiger partial charge on any atom is 0.238 e. The molecule has 0 unspecified atom stereocenters. The lowest BCUT2D eigenvalue weighted by Crippen LogP contribution is -2.04. The van der Waals surface area contributed by atoms with Gasteiger partial charge in [-0.3, -0.25) is 4.79 Å². The van der Waals surface area contributed by atoms with Gasteiger partial charge in [-0.2, -0.15) is 0 Å². The molecule has 2 aromatic carbocycles. The smallest absolute Gasteiger partial charge is 0.238 e. The highest BCUT2D eigenvalue weighted by molar-refractivity contribution is 5.91. The third-order valence-corrected chi connectivity index (χ3v) is 3.79. The van der Waals surface area contributed by atoms with Crippen LogP contribution in [0.4, 0.5) is 0 Å². The molecular weight excluding hydrogens is 348 g/mol. The van der Waals surface area contributed by atoms with Gasteiger partial charge in [-0.1, -0.05) is 0 Å². The predicted molar refractivity (Wildman–Crippen MR) is 89.3 cm³/mol. The third-order valence-electron chi connectivity index (χ3n) is 3.79. The zero-order chi connectivity index (χ0) is 19.2. The second-order valence-corrected chi connectivity index (χ2v) is 5.31. The van der Waals surface area contributed by atoms with E-state index in [1.807, 2.05) is 0 Å². The molecule has 5 N–H and O–H groups in total. The molecule has 0 radical (unpaired) electrons. The Morgan fingerprint density at radius 1 is 0.808 bits per heavy atom. The molecule has 1 aromatic heterocycles. The predicted octanol–water partition coefficient (Wildman–Crippen LogP) is 2.01. The number of ether oxygens (including phenoxy) is 2. The number of aromatic hydroxyl groups is 5. The quantitative estimate of drug-likeness (QED) is 0.471. The standard InChI is InChI=1S/C17H14O9/c1-24-16-7(18)3-6(4-8(16)19)15-14(23)12(21)11-10(26-15)5-9(20)17(25-2)13(11)22/h3-5,18-20,22-23H,1-2H3. The first-order valence-corrected chi connectivity index (χ1v) is 7.19. The average Bonchev–Trinajstić information content (AvgIpc) is 2.57. The van der Waals surface area contributed by atoms with Crippen LogP contribution in [0.1, 0.15) is 0 Å². The summed E-state index contributed by atoms with van der Waals surface area (Å²) in [4.78, 5) is 12.5. The van der Waals surface area contributed by atoms with Gasteiger partial charge in [-0.25, -0.2) is 0 Å². The first-order chi connectivity index (χ1) is 12.3. The molecule has 9 nitrogen and oxygen atoms in total. The van der Waals surface area contributed by atoms with Crippen LogP contribution >= 0.6 is 0 Å². The van der Waals surface area contributed by atoms with Crippen molar-refractivity contribution >= 4 is 11.0 Å².